The number of halogens is 1. The molecule has 2 rings (SSSR count). The van der Waals surface area contributed by atoms with Crippen molar-refractivity contribution in [3.8, 4) is 0 Å². The zero-order valence-electron chi connectivity index (χ0n) is 10.6. The highest BCUT2D eigenvalue weighted by Gasteiger charge is 2.31. The summed E-state index contributed by atoms with van der Waals surface area (Å²) in [5.41, 5.74) is 6.82. The van der Waals surface area contributed by atoms with Crippen LogP contribution in [-0.4, -0.2) is 38.8 Å². The van der Waals surface area contributed by atoms with Crippen LogP contribution in [0.25, 0.3) is 0 Å². The molecule has 1 aliphatic heterocycles. The zero-order chi connectivity index (χ0) is 14.2. The molecule has 1 unspecified atom stereocenters. The van der Waals surface area contributed by atoms with Crippen molar-refractivity contribution in [2.75, 3.05) is 23.5 Å². The predicted octanol–water partition coefficient (Wildman–Crippen LogP) is 1.25. The molecular formula is C12H16ClN3O2S. The number of rotatable bonds is 3. The molecule has 1 aliphatic rings. The molecule has 19 heavy (non-hydrogen) atoms. The van der Waals surface area contributed by atoms with Gasteiger partial charge < -0.3 is 10.6 Å². The molecule has 1 aromatic carbocycles. The van der Waals surface area contributed by atoms with Crippen molar-refractivity contribution >= 4 is 33.0 Å². The topological polar surface area (TPSA) is 87.2 Å². The first-order valence-corrected chi connectivity index (χ1v) is 8.07. The highest BCUT2D eigenvalue weighted by Crippen LogP contribution is 2.28. The van der Waals surface area contributed by atoms with Crippen molar-refractivity contribution in [2.45, 2.75) is 12.5 Å². The Kier molecular flexibility index (Phi) is 3.73. The monoisotopic (exact) mass is 301 g/mol. The molecule has 0 bridgehead atoms. The largest absolute Gasteiger partial charge is 0.384 e. The van der Waals surface area contributed by atoms with Gasteiger partial charge in [0.2, 0.25) is 0 Å². The lowest BCUT2D eigenvalue weighted by Crippen LogP contribution is -2.34. The smallest absolute Gasteiger partial charge is 0.152 e. The van der Waals surface area contributed by atoms with Crippen molar-refractivity contribution in [3.63, 3.8) is 0 Å². The van der Waals surface area contributed by atoms with E-state index in [1.54, 1.807) is 18.2 Å². The number of anilines is 1. The molecule has 3 N–H and O–H groups in total. The van der Waals surface area contributed by atoms with Gasteiger partial charge in [-0.15, -0.1) is 0 Å². The molecule has 0 spiro atoms. The van der Waals surface area contributed by atoms with Gasteiger partial charge in [-0.25, -0.2) is 8.42 Å². The van der Waals surface area contributed by atoms with E-state index in [0.717, 1.165) is 5.69 Å². The summed E-state index contributed by atoms with van der Waals surface area (Å²) in [7, 11) is -1.12. The van der Waals surface area contributed by atoms with Gasteiger partial charge in [0.1, 0.15) is 5.84 Å². The Bertz CT molecular complexity index is 615. The van der Waals surface area contributed by atoms with Gasteiger partial charge in [0.15, 0.2) is 9.84 Å². The van der Waals surface area contributed by atoms with Crippen molar-refractivity contribution in [1.82, 2.24) is 0 Å². The minimum atomic E-state index is -2.94. The normalized spacial score (nSPS) is 21.3. The average molecular weight is 302 g/mol. The molecule has 1 aromatic rings. The fourth-order valence-electron chi connectivity index (χ4n) is 2.31. The lowest BCUT2D eigenvalue weighted by molar-refractivity contribution is 0.601. The molecule has 0 saturated carbocycles. The van der Waals surface area contributed by atoms with Crippen LogP contribution in [-0.2, 0) is 9.84 Å². The first-order valence-electron chi connectivity index (χ1n) is 5.87. The highest BCUT2D eigenvalue weighted by atomic mass is 35.5. The summed E-state index contributed by atoms with van der Waals surface area (Å²) in [5.74, 6) is 0.277. The molecule has 104 valence electrons. The zero-order valence-corrected chi connectivity index (χ0v) is 12.1. The van der Waals surface area contributed by atoms with Crippen molar-refractivity contribution in [2.24, 2.45) is 5.73 Å². The fourth-order valence-corrected chi connectivity index (χ4v) is 4.26. The van der Waals surface area contributed by atoms with Gasteiger partial charge in [-0.1, -0.05) is 11.6 Å². The third-order valence-electron chi connectivity index (χ3n) is 3.38. The summed E-state index contributed by atoms with van der Waals surface area (Å²) in [4.78, 5) is 1.87. The average Bonchev–Trinajstić information content (AvgIpc) is 2.68. The van der Waals surface area contributed by atoms with Gasteiger partial charge in [-0.2, -0.15) is 0 Å². The van der Waals surface area contributed by atoms with Gasteiger partial charge in [-0.3, -0.25) is 5.41 Å². The Morgan fingerprint density at radius 1 is 1.53 bits per heavy atom. The van der Waals surface area contributed by atoms with Crippen LogP contribution >= 0.6 is 11.6 Å². The molecule has 1 atom stereocenters. The lowest BCUT2D eigenvalue weighted by Gasteiger charge is -2.27. The maximum atomic E-state index is 11.5. The Hall–Kier alpha value is -1.27. The number of nitrogens with two attached hydrogens (primary N) is 1. The van der Waals surface area contributed by atoms with E-state index in [1.165, 1.54) is 0 Å². The lowest BCUT2D eigenvalue weighted by atomic mass is 10.1. The highest BCUT2D eigenvalue weighted by molar-refractivity contribution is 7.91. The molecule has 1 saturated heterocycles. The molecular weight excluding hydrogens is 286 g/mol. The molecule has 5 nitrogen and oxygen atoms in total. The van der Waals surface area contributed by atoms with E-state index >= 15 is 0 Å². The first kappa shape index (κ1) is 14.1. The van der Waals surface area contributed by atoms with Crippen LogP contribution in [0, 0.1) is 5.41 Å². The van der Waals surface area contributed by atoms with Gasteiger partial charge in [0.25, 0.3) is 0 Å². The van der Waals surface area contributed by atoms with Crippen LogP contribution in [0.3, 0.4) is 0 Å². The van der Waals surface area contributed by atoms with E-state index in [2.05, 4.69) is 0 Å². The number of amidine groups is 1. The second kappa shape index (κ2) is 5.02. The Morgan fingerprint density at radius 2 is 2.21 bits per heavy atom. The molecule has 0 radical (unpaired) electrons. The maximum Gasteiger partial charge on any atom is 0.152 e. The van der Waals surface area contributed by atoms with Crippen LogP contribution in [0.2, 0.25) is 5.02 Å². The summed E-state index contributed by atoms with van der Waals surface area (Å²) in [6, 6.07) is 5.02. The minimum absolute atomic E-state index is 0.0785. The van der Waals surface area contributed by atoms with Crippen LogP contribution < -0.4 is 10.6 Å². The number of benzene rings is 1. The minimum Gasteiger partial charge on any atom is -0.384 e. The Balaban J connectivity index is 2.34. The summed E-state index contributed by atoms with van der Waals surface area (Å²) in [5, 5.41) is 8.09. The van der Waals surface area contributed by atoms with E-state index in [-0.39, 0.29) is 23.4 Å². The van der Waals surface area contributed by atoms with Gasteiger partial charge in [0, 0.05) is 29.4 Å². The van der Waals surface area contributed by atoms with Crippen molar-refractivity contribution in [1.29, 1.82) is 5.41 Å². The van der Waals surface area contributed by atoms with Crippen molar-refractivity contribution in [3.05, 3.63) is 28.8 Å². The van der Waals surface area contributed by atoms with Crippen LogP contribution in [0.4, 0.5) is 5.69 Å². The Morgan fingerprint density at radius 3 is 2.74 bits per heavy atom. The van der Waals surface area contributed by atoms with E-state index in [1.807, 2.05) is 11.9 Å². The molecule has 1 heterocycles. The molecule has 0 aromatic heterocycles. The number of hydrogen-bond acceptors (Lipinski definition) is 4. The van der Waals surface area contributed by atoms with E-state index in [4.69, 9.17) is 22.7 Å². The van der Waals surface area contributed by atoms with Gasteiger partial charge in [-0.05, 0) is 24.6 Å². The predicted molar refractivity (Wildman–Crippen MR) is 77.9 cm³/mol. The molecule has 7 heteroatoms. The number of hydrogen-bond donors (Lipinski definition) is 2. The number of nitrogens with zero attached hydrogens (tertiary/aromatic N) is 1. The van der Waals surface area contributed by atoms with Crippen molar-refractivity contribution < 1.29 is 8.42 Å². The third kappa shape index (κ3) is 3.01. The molecule has 1 fully saturated rings. The second-order valence-electron chi connectivity index (χ2n) is 4.74. The van der Waals surface area contributed by atoms with Crippen LogP contribution in [0.1, 0.15) is 12.0 Å². The van der Waals surface area contributed by atoms with E-state index in [0.29, 0.717) is 17.0 Å². The summed E-state index contributed by atoms with van der Waals surface area (Å²) < 4.78 is 23.1. The van der Waals surface area contributed by atoms with Crippen LogP contribution in [0.15, 0.2) is 18.2 Å². The van der Waals surface area contributed by atoms with Gasteiger partial charge >= 0.3 is 0 Å². The maximum absolute atomic E-state index is 11.5. The second-order valence-corrected chi connectivity index (χ2v) is 7.41. The number of nitrogen functional groups attached to an aromatic ring is 1. The number of nitrogens with one attached hydrogen (secondary N) is 1. The quantitative estimate of drug-likeness (QED) is 0.650. The summed E-state index contributed by atoms with van der Waals surface area (Å²) >= 11 is 5.90. The fraction of sp³-hybridized carbons (Fsp3) is 0.417. The van der Waals surface area contributed by atoms with Gasteiger partial charge in [0.05, 0.1) is 11.5 Å². The van der Waals surface area contributed by atoms with E-state index < -0.39 is 9.84 Å². The van der Waals surface area contributed by atoms with Crippen LogP contribution in [0.5, 0.6) is 0 Å². The standard InChI is InChI=1S/C12H16ClN3O2S/c1-16(9-4-5-19(17,18)7-9)11-3-2-8(13)6-10(11)12(14)15/h2-3,6,9H,4-5,7H2,1H3,(H3,14,15). The molecule has 0 amide bonds. The first-order chi connectivity index (χ1) is 8.80. The molecule has 0 aliphatic carbocycles. The third-order valence-corrected chi connectivity index (χ3v) is 5.37. The summed E-state index contributed by atoms with van der Waals surface area (Å²) in [6.07, 6.45) is 0.596. The number of sulfone groups is 1. The Labute approximate surface area is 117 Å². The van der Waals surface area contributed by atoms with E-state index in [9.17, 15) is 8.42 Å². The SMILES string of the molecule is CN(c1ccc(Cl)cc1C(=N)N)C1CCS(=O)(=O)C1. The summed E-state index contributed by atoms with van der Waals surface area (Å²) in [6.45, 7) is 0.